The minimum atomic E-state index is -0.221. The van der Waals surface area contributed by atoms with E-state index >= 15 is 0 Å². The Morgan fingerprint density at radius 2 is 1.90 bits per heavy atom. The Balaban J connectivity index is 1.29. The number of nitrogens with zero attached hydrogens (tertiary/aromatic N) is 3. The van der Waals surface area contributed by atoms with Crippen LogP contribution in [0.2, 0.25) is 0 Å². The monoisotopic (exact) mass is 407 g/mol. The molecule has 0 atom stereocenters. The van der Waals surface area contributed by atoms with Gasteiger partial charge in [-0.2, -0.15) is 5.10 Å². The molecular weight excluding hydrogens is 386 g/mol. The van der Waals surface area contributed by atoms with Gasteiger partial charge in [0, 0.05) is 29.2 Å². The lowest BCUT2D eigenvalue weighted by molar-refractivity contribution is 0.0946. The summed E-state index contributed by atoms with van der Waals surface area (Å²) < 4.78 is 1.81. The summed E-state index contributed by atoms with van der Waals surface area (Å²) >= 11 is 0. The lowest BCUT2D eigenvalue weighted by Crippen LogP contribution is -2.23. The fraction of sp³-hybridized carbons (Fsp3) is 0.0800. The lowest BCUT2D eigenvalue weighted by Gasteiger charge is -2.05. The molecule has 0 aliphatic rings. The Kier molecular flexibility index (Phi) is 4.80. The molecule has 0 aliphatic carbocycles. The van der Waals surface area contributed by atoms with Crippen LogP contribution in [0.25, 0.3) is 28.0 Å². The summed E-state index contributed by atoms with van der Waals surface area (Å²) in [5.74, 6) is -0.221. The van der Waals surface area contributed by atoms with Gasteiger partial charge in [-0.15, -0.1) is 0 Å². The van der Waals surface area contributed by atoms with Crippen LogP contribution in [0.1, 0.15) is 21.6 Å². The van der Waals surface area contributed by atoms with Crippen molar-refractivity contribution in [3.05, 3.63) is 102 Å². The van der Waals surface area contributed by atoms with Crippen molar-refractivity contribution >= 4 is 16.8 Å². The maximum Gasteiger partial charge on any atom is 0.270 e. The van der Waals surface area contributed by atoms with Crippen LogP contribution in [0.15, 0.2) is 85.2 Å². The van der Waals surface area contributed by atoms with Crippen LogP contribution < -0.4 is 5.32 Å². The van der Waals surface area contributed by atoms with E-state index in [1.165, 1.54) is 5.56 Å². The number of fused-ring (bicyclic) bond motifs is 1. The van der Waals surface area contributed by atoms with E-state index in [1.807, 2.05) is 78.5 Å². The van der Waals surface area contributed by atoms with Crippen molar-refractivity contribution < 1.29 is 4.79 Å². The van der Waals surface area contributed by atoms with Gasteiger partial charge in [0.25, 0.3) is 5.91 Å². The first kappa shape index (κ1) is 18.8. The number of amides is 1. The highest BCUT2D eigenvalue weighted by Gasteiger charge is 2.11. The van der Waals surface area contributed by atoms with E-state index in [0.29, 0.717) is 12.2 Å². The number of carbonyl (C=O) groups is 1. The number of nitrogens with one attached hydrogen (secondary N) is 2. The normalized spacial score (nSPS) is 11.0. The van der Waals surface area contributed by atoms with Crippen molar-refractivity contribution in [2.24, 2.45) is 0 Å². The van der Waals surface area contributed by atoms with Crippen molar-refractivity contribution in [2.45, 2.75) is 13.5 Å². The van der Waals surface area contributed by atoms with Crippen molar-refractivity contribution in [2.75, 3.05) is 0 Å². The number of aryl methyl sites for hydroxylation is 1. The second-order valence-electron chi connectivity index (χ2n) is 7.49. The topological polar surface area (TPSA) is 75.6 Å². The highest BCUT2D eigenvalue weighted by Crippen LogP contribution is 2.22. The Bertz CT molecular complexity index is 1350. The highest BCUT2D eigenvalue weighted by molar-refractivity contribution is 5.93. The van der Waals surface area contributed by atoms with Gasteiger partial charge in [-0.1, -0.05) is 36.4 Å². The van der Waals surface area contributed by atoms with Gasteiger partial charge in [0.1, 0.15) is 5.69 Å². The summed E-state index contributed by atoms with van der Waals surface area (Å²) in [6, 6.07) is 23.7. The van der Waals surface area contributed by atoms with Gasteiger partial charge in [-0.3, -0.25) is 4.79 Å². The third kappa shape index (κ3) is 3.96. The quantitative estimate of drug-likeness (QED) is 0.445. The molecule has 1 amide bonds. The molecule has 2 N–H and O–H groups in total. The first-order valence-electron chi connectivity index (χ1n) is 10.1. The summed E-state index contributed by atoms with van der Waals surface area (Å²) in [5, 5.41) is 8.44. The van der Waals surface area contributed by atoms with Crippen molar-refractivity contribution in [1.82, 2.24) is 25.1 Å². The fourth-order valence-electron chi connectivity index (χ4n) is 3.56. The van der Waals surface area contributed by atoms with E-state index in [4.69, 9.17) is 0 Å². The number of hydrogen-bond acceptors (Lipinski definition) is 3. The van der Waals surface area contributed by atoms with Gasteiger partial charge >= 0.3 is 0 Å². The molecule has 3 aromatic heterocycles. The first-order valence-corrected chi connectivity index (χ1v) is 10.1. The van der Waals surface area contributed by atoms with E-state index in [-0.39, 0.29) is 5.91 Å². The molecule has 152 valence electrons. The largest absolute Gasteiger partial charge is 0.353 e. The smallest absolute Gasteiger partial charge is 0.270 e. The van der Waals surface area contributed by atoms with Crippen LogP contribution in [0, 0.1) is 6.92 Å². The maximum absolute atomic E-state index is 12.7. The predicted octanol–water partition coefficient (Wildman–Crippen LogP) is 4.65. The Hall–Kier alpha value is -4.19. The van der Waals surface area contributed by atoms with Crippen LogP contribution in [-0.2, 0) is 6.54 Å². The average molecular weight is 407 g/mol. The number of H-pyrrole nitrogens is 1. The van der Waals surface area contributed by atoms with Gasteiger partial charge in [0.2, 0.25) is 0 Å². The molecule has 0 aliphatic heterocycles. The molecule has 31 heavy (non-hydrogen) atoms. The molecule has 0 radical (unpaired) electrons. The lowest BCUT2D eigenvalue weighted by atomic mass is 10.2. The molecule has 6 nitrogen and oxygen atoms in total. The minimum Gasteiger partial charge on any atom is -0.353 e. The zero-order chi connectivity index (χ0) is 21.2. The third-order valence-electron chi connectivity index (χ3n) is 5.14. The molecular formula is C25H21N5O. The molecule has 2 aromatic carbocycles. The van der Waals surface area contributed by atoms with E-state index in [2.05, 4.69) is 26.4 Å². The third-order valence-corrected chi connectivity index (χ3v) is 5.14. The number of benzene rings is 2. The SMILES string of the molecule is Cc1cccc(-n2cc(CNC(=O)c3cccc(-c4cc5ccccc5[nH]4)n3)cn2)c1. The van der Waals surface area contributed by atoms with Crippen LogP contribution in [0.3, 0.4) is 0 Å². The summed E-state index contributed by atoms with van der Waals surface area (Å²) in [6.07, 6.45) is 3.68. The number of aromatic amines is 1. The van der Waals surface area contributed by atoms with E-state index in [1.54, 1.807) is 12.3 Å². The molecule has 0 spiro atoms. The van der Waals surface area contributed by atoms with Gasteiger partial charge in [0.05, 0.1) is 23.3 Å². The van der Waals surface area contributed by atoms with Crippen molar-refractivity contribution in [3.63, 3.8) is 0 Å². The van der Waals surface area contributed by atoms with Crippen molar-refractivity contribution in [3.8, 4) is 17.1 Å². The maximum atomic E-state index is 12.7. The zero-order valence-corrected chi connectivity index (χ0v) is 17.0. The molecule has 0 saturated carbocycles. The molecule has 5 aromatic rings. The zero-order valence-electron chi connectivity index (χ0n) is 17.0. The molecule has 5 rings (SSSR count). The summed E-state index contributed by atoms with van der Waals surface area (Å²) in [7, 11) is 0. The van der Waals surface area contributed by atoms with E-state index < -0.39 is 0 Å². The number of carbonyl (C=O) groups excluding carboxylic acids is 1. The number of aromatic nitrogens is 4. The van der Waals surface area contributed by atoms with E-state index in [0.717, 1.165) is 33.5 Å². The predicted molar refractivity (Wildman–Crippen MR) is 121 cm³/mol. The van der Waals surface area contributed by atoms with E-state index in [9.17, 15) is 4.79 Å². The average Bonchev–Trinajstić information content (AvgIpc) is 3.45. The molecule has 3 heterocycles. The standard InChI is InChI=1S/C25H21N5O/c1-17-6-4-8-20(12-17)30-16-18(15-27-30)14-26-25(31)23-11-5-10-22(29-23)24-13-19-7-2-3-9-21(19)28-24/h2-13,15-16,28H,14H2,1H3,(H,26,31). The Labute approximate surface area is 179 Å². The Morgan fingerprint density at radius 1 is 1.03 bits per heavy atom. The fourth-order valence-corrected chi connectivity index (χ4v) is 3.56. The van der Waals surface area contributed by atoms with Crippen LogP contribution in [0.5, 0.6) is 0 Å². The highest BCUT2D eigenvalue weighted by atomic mass is 16.1. The molecule has 0 saturated heterocycles. The van der Waals surface area contributed by atoms with Gasteiger partial charge in [0.15, 0.2) is 0 Å². The van der Waals surface area contributed by atoms with Crippen molar-refractivity contribution in [1.29, 1.82) is 0 Å². The second-order valence-corrected chi connectivity index (χ2v) is 7.49. The number of hydrogen-bond donors (Lipinski definition) is 2. The van der Waals surface area contributed by atoms with Crippen LogP contribution >= 0.6 is 0 Å². The molecule has 6 heteroatoms. The van der Waals surface area contributed by atoms with Gasteiger partial charge in [-0.05, 0) is 48.9 Å². The second kappa shape index (κ2) is 7.91. The summed E-state index contributed by atoms with van der Waals surface area (Å²) in [6.45, 7) is 2.42. The number of rotatable bonds is 5. The summed E-state index contributed by atoms with van der Waals surface area (Å²) in [5.41, 5.74) is 6.11. The van der Waals surface area contributed by atoms with Crippen LogP contribution in [0.4, 0.5) is 0 Å². The van der Waals surface area contributed by atoms with Crippen LogP contribution in [-0.4, -0.2) is 25.7 Å². The first-order chi connectivity index (χ1) is 15.2. The number of para-hydroxylation sites is 1. The molecule has 0 unspecified atom stereocenters. The summed E-state index contributed by atoms with van der Waals surface area (Å²) in [4.78, 5) is 20.6. The van der Waals surface area contributed by atoms with Gasteiger partial charge in [-0.25, -0.2) is 9.67 Å². The molecule has 0 fully saturated rings. The Morgan fingerprint density at radius 3 is 2.77 bits per heavy atom. The molecule has 0 bridgehead atoms. The van der Waals surface area contributed by atoms with Gasteiger partial charge < -0.3 is 10.3 Å². The number of pyridine rings is 1. The minimum absolute atomic E-state index is 0.221.